The summed E-state index contributed by atoms with van der Waals surface area (Å²) in [6.45, 7) is -0.0426. The van der Waals surface area contributed by atoms with E-state index in [1.54, 1.807) is 41.0 Å². The summed E-state index contributed by atoms with van der Waals surface area (Å²) in [6, 6.07) is 19.6. The van der Waals surface area contributed by atoms with Crippen LogP contribution in [0.25, 0.3) is 10.9 Å². The number of amides is 1. The summed E-state index contributed by atoms with van der Waals surface area (Å²) in [6.07, 6.45) is 1.49. The van der Waals surface area contributed by atoms with Crippen LogP contribution in [0.5, 0.6) is 0 Å². The Morgan fingerprint density at radius 2 is 1.74 bits per heavy atom. The third-order valence-corrected chi connectivity index (χ3v) is 6.98. The van der Waals surface area contributed by atoms with Gasteiger partial charge in [-0.3, -0.25) is 4.79 Å². The highest BCUT2D eigenvalue weighted by Gasteiger charge is 2.22. The third-order valence-electron chi connectivity index (χ3n) is 4.78. The van der Waals surface area contributed by atoms with Gasteiger partial charge in [-0.2, -0.15) is 0 Å². The molecule has 0 fully saturated rings. The number of nitrogens with one attached hydrogen (secondary N) is 1. The smallest absolute Gasteiger partial charge is 0.244 e. The Hall–Kier alpha value is -2.97. The van der Waals surface area contributed by atoms with Gasteiger partial charge in [0.05, 0.1) is 10.6 Å². The van der Waals surface area contributed by atoms with Crippen molar-refractivity contribution in [2.75, 3.05) is 5.32 Å². The molecule has 4 rings (SSSR count). The van der Waals surface area contributed by atoms with Crippen molar-refractivity contribution in [1.29, 1.82) is 0 Å². The summed E-state index contributed by atoms with van der Waals surface area (Å²) in [5.74, 6) is -0.957. The molecule has 1 amide bonds. The first-order chi connectivity index (χ1) is 14.8. The van der Waals surface area contributed by atoms with Gasteiger partial charge in [-0.25, -0.2) is 12.8 Å². The Kier molecular flexibility index (Phi) is 5.93. The van der Waals surface area contributed by atoms with Crippen LogP contribution in [0.3, 0.4) is 0 Å². The van der Waals surface area contributed by atoms with Crippen molar-refractivity contribution in [3.8, 4) is 0 Å². The van der Waals surface area contributed by atoms with Gasteiger partial charge in [0.15, 0.2) is 9.84 Å². The molecule has 0 saturated carbocycles. The zero-order chi connectivity index (χ0) is 22.0. The van der Waals surface area contributed by atoms with Crippen LogP contribution in [0.4, 0.5) is 10.1 Å². The number of fused-ring (bicyclic) bond motifs is 1. The molecule has 0 radical (unpaired) electrons. The zero-order valence-electron chi connectivity index (χ0n) is 16.3. The SMILES string of the molecule is O=C(Cn1cc(S(=O)(=O)Cc2ccc(F)cc2)c2ccccc21)Nc1cccc(Br)c1. The number of anilines is 1. The third kappa shape index (κ3) is 4.86. The first-order valence-corrected chi connectivity index (χ1v) is 11.9. The first kappa shape index (κ1) is 21.3. The van der Waals surface area contributed by atoms with Crippen LogP contribution in [0.15, 0.2) is 88.4 Å². The molecule has 0 unspecified atom stereocenters. The Morgan fingerprint density at radius 3 is 2.48 bits per heavy atom. The number of benzene rings is 3. The summed E-state index contributed by atoms with van der Waals surface area (Å²) >= 11 is 3.36. The first-order valence-electron chi connectivity index (χ1n) is 9.42. The van der Waals surface area contributed by atoms with E-state index in [2.05, 4.69) is 21.2 Å². The second kappa shape index (κ2) is 8.64. The highest BCUT2D eigenvalue weighted by atomic mass is 79.9. The summed E-state index contributed by atoms with van der Waals surface area (Å²) in [5.41, 5.74) is 1.77. The molecule has 31 heavy (non-hydrogen) atoms. The molecule has 8 heteroatoms. The number of aromatic nitrogens is 1. The van der Waals surface area contributed by atoms with Crippen LogP contribution in [0.2, 0.25) is 0 Å². The van der Waals surface area contributed by atoms with E-state index < -0.39 is 15.7 Å². The van der Waals surface area contributed by atoms with Crippen LogP contribution >= 0.6 is 15.9 Å². The molecule has 0 atom stereocenters. The molecule has 0 bridgehead atoms. The molecule has 1 heterocycles. The number of halogens is 2. The lowest BCUT2D eigenvalue weighted by Gasteiger charge is -2.07. The second-order valence-corrected chi connectivity index (χ2v) is 9.96. The van der Waals surface area contributed by atoms with E-state index in [0.717, 1.165) is 4.47 Å². The molecule has 1 aromatic heterocycles. The highest BCUT2D eigenvalue weighted by molar-refractivity contribution is 9.10. The molecule has 158 valence electrons. The Bertz CT molecular complexity index is 1370. The average molecular weight is 501 g/mol. The summed E-state index contributed by atoms with van der Waals surface area (Å²) in [4.78, 5) is 12.7. The average Bonchev–Trinajstić information content (AvgIpc) is 3.09. The normalized spacial score (nSPS) is 11.5. The van der Waals surface area contributed by atoms with Gasteiger partial charge in [0.2, 0.25) is 5.91 Å². The molecule has 1 N–H and O–H groups in total. The molecule has 5 nitrogen and oxygen atoms in total. The van der Waals surface area contributed by atoms with Crippen LogP contribution in [-0.2, 0) is 26.9 Å². The number of para-hydroxylation sites is 1. The van der Waals surface area contributed by atoms with E-state index in [1.807, 2.05) is 12.1 Å². The molecule has 0 spiro atoms. The number of carbonyl (C=O) groups is 1. The topological polar surface area (TPSA) is 68.2 Å². The van der Waals surface area contributed by atoms with Crippen molar-refractivity contribution >= 4 is 48.3 Å². The lowest BCUT2D eigenvalue weighted by Crippen LogP contribution is -2.18. The minimum atomic E-state index is -3.71. The van der Waals surface area contributed by atoms with E-state index in [1.165, 1.54) is 30.5 Å². The maximum atomic E-state index is 13.2. The number of hydrogen-bond acceptors (Lipinski definition) is 3. The fourth-order valence-corrected chi connectivity index (χ4v) is 5.37. The molecule has 0 aliphatic heterocycles. The highest BCUT2D eigenvalue weighted by Crippen LogP contribution is 2.28. The van der Waals surface area contributed by atoms with E-state index >= 15 is 0 Å². The van der Waals surface area contributed by atoms with E-state index in [9.17, 15) is 17.6 Å². The van der Waals surface area contributed by atoms with E-state index in [0.29, 0.717) is 22.2 Å². The molecule has 3 aromatic carbocycles. The van der Waals surface area contributed by atoms with Crippen molar-refractivity contribution in [2.24, 2.45) is 0 Å². The minimum Gasteiger partial charge on any atom is -0.337 e. The number of rotatable bonds is 6. The monoisotopic (exact) mass is 500 g/mol. The van der Waals surface area contributed by atoms with Gasteiger partial charge in [0, 0.05) is 27.3 Å². The number of nitrogens with zero attached hydrogens (tertiary/aromatic N) is 1. The minimum absolute atomic E-state index is 0.0426. The van der Waals surface area contributed by atoms with Crippen LogP contribution in [-0.4, -0.2) is 18.9 Å². The van der Waals surface area contributed by atoms with Gasteiger partial charge < -0.3 is 9.88 Å². The van der Waals surface area contributed by atoms with Crippen molar-refractivity contribution in [3.05, 3.63) is 94.8 Å². The Morgan fingerprint density at radius 1 is 1.00 bits per heavy atom. The van der Waals surface area contributed by atoms with Crippen molar-refractivity contribution < 1.29 is 17.6 Å². The molecular formula is C23H18BrFN2O3S. The predicted molar refractivity (Wildman–Crippen MR) is 122 cm³/mol. The fourth-order valence-electron chi connectivity index (χ4n) is 3.39. The van der Waals surface area contributed by atoms with Gasteiger partial charge in [-0.1, -0.05) is 52.3 Å². The summed E-state index contributed by atoms with van der Waals surface area (Å²) in [5, 5.41) is 3.36. The number of sulfone groups is 1. The number of hydrogen-bond donors (Lipinski definition) is 1. The van der Waals surface area contributed by atoms with Crippen molar-refractivity contribution in [3.63, 3.8) is 0 Å². The van der Waals surface area contributed by atoms with Gasteiger partial charge in [0.25, 0.3) is 0 Å². The maximum Gasteiger partial charge on any atom is 0.244 e. The quantitative estimate of drug-likeness (QED) is 0.397. The largest absolute Gasteiger partial charge is 0.337 e. The van der Waals surface area contributed by atoms with Crippen molar-refractivity contribution in [2.45, 2.75) is 17.2 Å². The van der Waals surface area contributed by atoms with Crippen LogP contribution < -0.4 is 5.32 Å². The van der Waals surface area contributed by atoms with Crippen LogP contribution in [0.1, 0.15) is 5.56 Å². The van der Waals surface area contributed by atoms with E-state index in [4.69, 9.17) is 0 Å². The Labute approximate surface area is 187 Å². The van der Waals surface area contributed by atoms with Crippen LogP contribution in [0, 0.1) is 5.82 Å². The van der Waals surface area contributed by atoms with Gasteiger partial charge in [-0.05, 0) is 42.0 Å². The molecular weight excluding hydrogens is 483 g/mol. The summed E-state index contributed by atoms with van der Waals surface area (Å²) in [7, 11) is -3.71. The standard InChI is InChI=1S/C23H18BrFN2O3S/c24-17-4-3-5-19(12-17)26-23(28)14-27-13-22(20-6-1-2-7-21(20)27)31(29,30)15-16-8-10-18(25)11-9-16/h1-13H,14-15H2,(H,26,28). The molecule has 0 saturated heterocycles. The van der Waals surface area contributed by atoms with Crippen molar-refractivity contribution in [1.82, 2.24) is 4.57 Å². The molecule has 0 aliphatic carbocycles. The zero-order valence-corrected chi connectivity index (χ0v) is 18.7. The lowest BCUT2D eigenvalue weighted by molar-refractivity contribution is -0.116. The molecule has 4 aromatic rings. The predicted octanol–water partition coefficient (Wildman–Crippen LogP) is 5.16. The molecule has 0 aliphatic rings. The van der Waals surface area contributed by atoms with Gasteiger partial charge in [0.1, 0.15) is 12.4 Å². The summed E-state index contributed by atoms with van der Waals surface area (Å²) < 4.78 is 41.9. The Balaban J connectivity index is 1.64. The van der Waals surface area contributed by atoms with Gasteiger partial charge in [-0.15, -0.1) is 0 Å². The second-order valence-electron chi connectivity index (χ2n) is 7.08. The number of carbonyl (C=O) groups excluding carboxylic acids is 1. The fraction of sp³-hybridized carbons (Fsp3) is 0.0870. The lowest BCUT2D eigenvalue weighted by atomic mass is 10.2. The van der Waals surface area contributed by atoms with Gasteiger partial charge >= 0.3 is 0 Å². The van der Waals surface area contributed by atoms with E-state index in [-0.39, 0.29) is 23.1 Å². The maximum absolute atomic E-state index is 13.2.